The molecule has 182 valence electrons. The number of rotatable bonds is 5. The summed E-state index contributed by atoms with van der Waals surface area (Å²) in [6, 6.07) is 17.5. The van der Waals surface area contributed by atoms with Crippen LogP contribution in [0.4, 0.5) is 17.1 Å². The number of anilines is 3. The molecule has 0 radical (unpaired) electrons. The van der Waals surface area contributed by atoms with E-state index >= 15 is 0 Å². The molecule has 1 aliphatic heterocycles. The van der Waals surface area contributed by atoms with E-state index in [1.165, 1.54) is 0 Å². The Bertz CT molecular complexity index is 1510. The van der Waals surface area contributed by atoms with Crippen molar-refractivity contribution in [3.63, 3.8) is 0 Å². The first-order valence-electron chi connectivity index (χ1n) is 12.4. The standard InChI is InChI=1S/C29H27N3O4/c1-3-35-29(34)18-9-7-13-32(16-18)23-15-22(30-19-10-6-8-17(2)14-19)24-25-26(23)31-36-28(25)21-12-5-4-11-20(21)27(24)33/h4-6,8,10-12,14-15,18,30H,3,7,9,13,16H2,1-2H3. The fourth-order valence-electron chi connectivity index (χ4n) is 5.41. The van der Waals surface area contributed by atoms with E-state index in [9.17, 15) is 9.59 Å². The van der Waals surface area contributed by atoms with Gasteiger partial charge in [-0.3, -0.25) is 9.59 Å². The molecule has 0 amide bonds. The summed E-state index contributed by atoms with van der Waals surface area (Å²) in [5.41, 5.74) is 6.11. The van der Waals surface area contributed by atoms with E-state index in [4.69, 9.17) is 9.26 Å². The number of nitrogens with one attached hydrogen (secondary N) is 1. The zero-order valence-electron chi connectivity index (χ0n) is 20.3. The van der Waals surface area contributed by atoms with E-state index < -0.39 is 0 Å². The van der Waals surface area contributed by atoms with Gasteiger partial charge in [-0.05, 0) is 50.5 Å². The van der Waals surface area contributed by atoms with Gasteiger partial charge < -0.3 is 19.5 Å². The number of hydrogen-bond acceptors (Lipinski definition) is 7. The summed E-state index contributed by atoms with van der Waals surface area (Å²) >= 11 is 0. The Balaban J connectivity index is 1.53. The fraction of sp³-hybridized carbons (Fsp3) is 0.276. The lowest BCUT2D eigenvalue weighted by Gasteiger charge is -2.34. The number of ether oxygens (including phenoxy) is 1. The predicted octanol–water partition coefficient (Wildman–Crippen LogP) is 5.87. The molecule has 7 nitrogen and oxygen atoms in total. The molecule has 1 unspecified atom stereocenters. The maximum Gasteiger partial charge on any atom is 0.310 e. The van der Waals surface area contributed by atoms with Crippen LogP contribution in [0, 0.1) is 12.8 Å². The number of benzene rings is 3. The summed E-state index contributed by atoms with van der Waals surface area (Å²) in [6.45, 7) is 5.54. The Kier molecular flexibility index (Phi) is 5.48. The van der Waals surface area contributed by atoms with Gasteiger partial charge in [0.2, 0.25) is 0 Å². The van der Waals surface area contributed by atoms with Gasteiger partial charge in [0.1, 0.15) is 5.52 Å². The molecule has 0 saturated carbocycles. The van der Waals surface area contributed by atoms with Gasteiger partial charge in [-0.15, -0.1) is 0 Å². The summed E-state index contributed by atoms with van der Waals surface area (Å²) in [6.07, 6.45) is 1.65. The van der Waals surface area contributed by atoms with E-state index in [1.54, 1.807) is 0 Å². The zero-order valence-corrected chi connectivity index (χ0v) is 20.3. The number of esters is 1. The first-order valence-corrected chi connectivity index (χ1v) is 12.4. The van der Waals surface area contributed by atoms with E-state index in [0.717, 1.165) is 41.9 Å². The van der Waals surface area contributed by atoms with Gasteiger partial charge in [0, 0.05) is 29.9 Å². The number of aryl methyl sites for hydroxylation is 1. The molecule has 7 heteroatoms. The number of ketones is 1. The monoisotopic (exact) mass is 481 g/mol. The number of nitrogens with zero attached hydrogens (tertiary/aromatic N) is 2. The van der Waals surface area contributed by atoms with Crippen LogP contribution in [-0.4, -0.2) is 36.6 Å². The number of carbonyl (C=O) groups is 2. The van der Waals surface area contributed by atoms with E-state index in [1.807, 2.05) is 68.4 Å². The van der Waals surface area contributed by atoms with Crippen molar-refractivity contribution in [1.29, 1.82) is 0 Å². The highest BCUT2D eigenvalue weighted by molar-refractivity contribution is 6.28. The first-order chi connectivity index (χ1) is 17.5. The van der Waals surface area contributed by atoms with Crippen LogP contribution in [0.25, 0.3) is 22.2 Å². The zero-order chi connectivity index (χ0) is 24.8. The molecular formula is C29H27N3O4. The molecule has 1 saturated heterocycles. The van der Waals surface area contributed by atoms with Crippen LogP contribution in [0.2, 0.25) is 0 Å². The molecule has 6 rings (SSSR count). The molecule has 1 N–H and O–H groups in total. The van der Waals surface area contributed by atoms with Crippen LogP contribution < -0.4 is 10.2 Å². The largest absolute Gasteiger partial charge is 0.466 e. The van der Waals surface area contributed by atoms with Crippen molar-refractivity contribution in [2.45, 2.75) is 26.7 Å². The highest BCUT2D eigenvalue weighted by Crippen LogP contribution is 2.46. The van der Waals surface area contributed by atoms with Crippen LogP contribution in [-0.2, 0) is 9.53 Å². The SMILES string of the molecule is CCOC(=O)C1CCCN(c2cc(Nc3cccc(C)c3)c3c4c(onc24)-c2ccccc2C3=O)C1. The predicted molar refractivity (Wildman–Crippen MR) is 139 cm³/mol. The van der Waals surface area contributed by atoms with E-state index in [-0.39, 0.29) is 17.7 Å². The van der Waals surface area contributed by atoms with Crippen LogP contribution in [0.3, 0.4) is 0 Å². The minimum absolute atomic E-state index is 0.0592. The van der Waals surface area contributed by atoms with Crippen molar-refractivity contribution in [2.24, 2.45) is 5.92 Å². The van der Waals surface area contributed by atoms with Crippen molar-refractivity contribution < 1.29 is 18.8 Å². The lowest BCUT2D eigenvalue weighted by molar-refractivity contribution is -0.148. The normalized spacial score (nSPS) is 16.7. The summed E-state index contributed by atoms with van der Waals surface area (Å²) in [5, 5.41) is 8.66. The van der Waals surface area contributed by atoms with Crippen LogP contribution in [0.15, 0.2) is 59.1 Å². The van der Waals surface area contributed by atoms with Crippen molar-refractivity contribution in [2.75, 3.05) is 29.9 Å². The highest BCUT2D eigenvalue weighted by atomic mass is 16.5. The summed E-state index contributed by atoms with van der Waals surface area (Å²) in [7, 11) is 0. The highest BCUT2D eigenvalue weighted by Gasteiger charge is 2.35. The lowest BCUT2D eigenvalue weighted by atomic mass is 9.86. The van der Waals surface area contributed by atoms with E-state index in [0.29, 0.717) is 46.6 Å². The van der Waals surface area contributed by atoms with Crippen LogP contribution in [0.1, 0.15) is 41.3 Å². The topological polar surface area (TPSA) is 84.7 Å². The number of hydrogen-bond donors (Lipinski definition) is 1. The van der Waals surface area contributed by atoms with Crippen molar-refractivity contribution in [1.82, 2.24) is 5.16 Å². The van der Waals surface area contributed by atoms with Gasteiger partial charge in [0.05, 0.1) is 34.8 Å². The molecule has 1 aliphatic carbocycles. The maximum absolute atomic E-state index is 13.8. The summed E-state index contributed by atoms with van der Waals surface area (Å²) in [4.78, 5) is 28.5. The van der Waals surface area contributed by atoms with Gasteiger partial charge in [-0.1, -0.05) is 41.6 Å². The third kappa shape index (κ3) is 3.63. The van der Waals surface area contributed by atoms with Gasteiger partial charge in [0.25, 0.3) is 0 Å². The third-order valence-corrected chi connectivity index (χ3v) is 7.06. The van der Waals surface area contributed by atoms with Crippen molar-refractivity contribution in [3.05, 3.63) is 71.3 Å². The molecule has 36 heavy (non-hydrogen) atoms. The molecule has 4 aromatic rings. The van der Waals surface area contributed by atoms with Crippen molar-refractivity contribution >= 4 is 39.7 Å². The Morgan fingerprint density at radius 2 is 2.00 bits per heavy atom. The smallest absolute Gasteiger partial charge is 0.310 e. The number of carbonyl (C=O) groups excluding carboxylic acids is 2. The maximum atomic E-state index is 13.8. The van der Waals surface area contributed by atoms with Crippen LogP contribution >= 0.6 is 0 Å². The molecule has 1 atom stereocenters. The number of piperidine rings is 1. The molecule has 1 fully saturated rings. The molecule has 2 heterocycles. The second-order valence-corrected chi connectivity index (χ2v) is 9.46. The molecule has 0 spiro atoms. The second-order valence-electron chi connectivity index (χ2n) is 9.46. The Labute approximate surface area is 209 Å². The molecule has 2 aliphatic rings. The van der Waals surface area contributed by atoms with Gasteiger partial charge in [-0.2, -0.15) is 0 Å². The molecular weight excluding hydrogens is 454 g/mol. The average Bonchev–Trinajstić information content (AvgIpc) is 3.33. The lowest BCUT2D eigenvalue weighted by Crippen LogP contribution is -2.39. The Morgan fingerprint density at radius 1 is 1.17 bits per heavy atom. The van der Waals surface area contributed by atoms with Gasteiger partial charge in [-0.25, -0.2) is 0 Å². The average molecular weight is 482 g/mol. The number of fused-ring (bicyclic) bond motifs is 2. The summed E-state index contributed by atoms with van der Waals surface area (Å²) in [5.74, 6) is 0.168. The minimum Gasteiger partial charge on any atom is -0.466 e. The quantitative estimate of drug-likeness (QED) is 0.314. The van der Waals surface area contributed by atoms with Gasteiger partial charge >= 0.3 is 5.97 Å². The fourth-order valence-corrected chi connectivity index (χ4v) is 5.41. The van der Waals surface area contributed by atoms with E-state index in [2.05, 4.69) is 15.4 Å². The van der Waals surface area contributed by atoms with Crippen molar-refractivity contribution in [3.8, 4) is 11.3 Å². The van der Waals surface area contributed by atoms with Gasteiger partial charge in [0.15, 0.2) is 11.5 Å². The molecule has 3 aromatic carbocycles. The molecule has 1 aromatic heterocycles. The molecule has 0 bridgehead atoms. The Hall–Kier alpha value is -4.13. The Morgan fingerprint density at radius 3 is 2.81 bits per heavy atom. The first kappa shape index (κ1) is 22.3. The second kappa shape index (κ2) is 8.82. The third-order valence-electron chi connectivity index (χ3n) is 7.06. The van der Waals surface area contributed by atoms with Crippen LogP contribution in [0.5, 0.6) is 0 Å². The minimum atomic E-state index is -0.205. The number of aromatic nitrogens is 1. The summed E-state index contributed by atoms with van der Waals surface area (Å²) < 4.78 is 11.2.